The average molecular weight is 325 g/mol. The molecule has 2 aromatic rings. The van der Waals surface area contributed by atoms with E-state index in [9.17, 15) is 9.18 Å². The van der Waals surface area contributed by atoms with Gasteiger partial charge in [0.15, 0.2) is 11.6 Å². The first-order chi connectivity index (χ1) is 9.08. The molecule has 1 heterocycles. The molecule has 4 nitrogen and oxygen atoms in total. The van der Waals surface area contributed by atoms with Gasteiger partial charge in [-0.2, -0.15) is 0 Å². The van der Waals surface area contributed by atoms with Gasteiger partial charge in [-0.25, -0.2) is 14.2 Å². The van der Waals surface area contributed by atoms with Crippen molar-refractivity contribution in [2.24, 2.45) is 0 Å². The van der Waals surface area contributed by atoms with Crippen LogP contribution in [-0.4, -0.2) is 16.1 Å². The highest BCUT2D eigenvalue weighted by molar-refractivity contribution is 9.10. The van der Waals surface area contributed by atoms with Crippen LogP contribution in [-0.2, 0) is 6.54 Å². The molecule has 0 saturated carbocycles. The molecule has 0 saturated heterocycles. The third-order valence-electron chi connectivity index (χ3n) is 2.49. The summed E-state index contributed by atoms with van der Waals surface area (Å²) in [6.07, 6.45) is 1.26. The van der Waals surface area contributed by atoms with Crippen LogP contribution >= 0.6 is 15.9 Å². The molecule has 1 aromatic heterocycles. The first kappa shape index (κ1) is 13.5. The molecule has 0 atom stereocenters. The van der Waals surface area contributed by atoms with Crippen molar-refractivity contribution >= 4 is 27.7 Å². The molecule has 0 unspecified atom stereocenters. The summed E-state index contributed by atoms with van der Waals surface area (Å²) >= 11 is 3.32. The fourth-order valence-corrected chi connectivity index (χ4v) is 1.78. The number of rotatable bonds is 4. The zero-order valence-electron chi connectivity index (χ0n) is 9.73. The first-order valence-corrected chi connectivity index (χ1v) is 6.23. The van der Waals surface area contributed by atoms with Gasteiger partial charge in [-0.1, -0.05) is 28.1 Å². The summed E-state index contributed by atoms with van der Waals surface area (Å²) in [4.78, 5) is 14.6. The molecule has 2 rings (SSSR count). The summed E-state index contributed by atoms with van der Waals surface area (Å²) in [7, 11) is 0. The molecule has 0 aliphatic carbocycles. The third kappa shape index (κ3) is 3.29. The largest absolute Gasteiger partial charge is 0.478 e. The van der Waals surface area contributed by atoms with Crippen molar-refractivity contribution in [2.45, 2.75) is 6.54 Å². The Kier molecular flexibility index (Phi) is 4.11. The zero-order chi connectivity index (χ0) is 13.8. The van der Waals surface area contributed by atoms with Crippen molar-refractivity contribution in [2.75, 3.05) is 5.32 Å². The maximum absolute atomic E-state index is 13.8. The predicted octanol–water partition coefficient (Wildman–Crippen LogP) is 3.29. The van der Waals surface area contributed by atoms with E-state index in [1.54, 1.807) is 0 Å². The summed E-state index contributed by atoms with van der Waals surface area (Å²) in [5.74, 6) is -2.23. The van der Waals surface area contributed by atoms with Crippen LogP contribution in [0.5, 0.6) is 0 Å². The van der Waals surface area contributed by atoms with Gasteiger partial charge >= 0.3 is 5.97 Å². The van der Waals surface area contributed by atoms with Crippen LogP contribution in [0.2, 0.25) is 0 Å². The number of nitrogens with one attached hydrogen (secondary N) is 1. The van der Waals surface area contributed by atoms with E-state index in [2.05, 4.69) is 26.2 Å². The minimum Gasteiger partial charge on any atom is -0.478 e. The van der Waals surface area contributed by atoms with Crippen LogP contribution in [0.3, 0.4) is 0 Å². The second-order valence-corrected chi connectivity index (χ2v) is 4.72. The Balaban J connectivity index is 2.13. The van der Waals surface area contributed by atoms with Gasteiger partial charge in [-0.15, -0.1) is 0 Å². The fraction of sp³-hybridized carbons (Fsp3) is 0.0769. The number of anilines is 1. The molecule has 0 fully saturated rings. The summed E-state index contributed by atoms with van der Waals surface area (Å²) in [5, 5.41) is 11.6. The van der Waals surface area contributed by atoms with Gasteiger partial charge in [0.25, 0.3) is 0 Å². The molecular formula is C13H10BrFN2O2. The van der Waals surface area contributed by atoms with E-state index in [-0.39, 0.29) is 5.82 Å². The molecule has 19 heavy (non-hydrogen) atoms. The lowest BCUT2D eigenvalue weighted by molar-refractivity contribution is 0.0692. The van der Waals surface area contributed by atoms with Crippen molar-refractivity contribution in [3.8, 4) is 0 Å². The number of aromatic nitrogens is 1. The van der Waals surface area contributed by atoms with Gasteiger partial charge < -0.3 is 10.4 Å². The highest BCUT2D eigenvalue weighted by Gasteiger charge is 2.14. The van der Waals surface area contributed by atoms with E-state index in [1.165, 1.54) is 6.20 Å². The van der Waals surface area contributed by atoms with Crippen molar-refractivity contribution in [1.29, 1.82) is 0 Å². The van der Waals surface area contributed by atoms with E-state index in [0.717, 1.165) is 16.1 Å². The molecule has 0 amide bonds. The maximum Gasteiger partial charge on any atom is 0.338 e. The Morgan fingerprint density at radius 1 is 1.32 bits per heavy atom. The minimum atomic E-state index is -1.31. The smallest absolute Gasteiger partial charge is 0.338 e. The summed E-state index contributed by atoms with van der Waals surface area (Å²) in [5.41, 5.74) is 0.540. The standard InChI is InChI=1S/C13H10BrFN2O2/c14-9-3-1-8(2-4-9)7-17-12-11(15)10(13(18)19)5-6-16-12/h1-6H,7H2,(H,16,17)(H,18,19). The number of aromatic carboxylic acids is 1. The fourth-order valence-electron chi connectivity index (χ4n) is 1.52. The number of carbonyl (C=O) groups is 1. The van der Waals surface area contributed by atoms with E-state index < -0.39 is 17.3 Å². The van der Waals surface area contributed by atoms with Crippen LogP contribution in [0.25, 0.3) is 0 Å². The van der Waals surface area contributed by atoms with Gasteiger partial charge in [-0.3, -0.25) is 0 Å². The number of hydrogen-bond donors (Lipinski definition) is 2. The van der Waals surface area contributed by atoms with Gasteiger partial charge in [0.05, 0.1) is 0 Å². The molecule has 0 radical (unpaired) electrons. The van der Waals surface area contributed by atoms with Crippen molar-refractivity contribution < 1.29 is 14.3 Å². The highest BCUT2D eigenvalue weighted by atomic mass is 79.9. The maximum atomic E-state index is 13.8. The number of carboxylic acid groups (broad SMARTS) is 1. The third-order valence-corrected chi connectivity index (χ3v) is 3.02. The van der Waals surface area contributed by atoms with Gasteiger partial charge in [-0.05, 0) is 23.8 Å². The Morgan fingerprint density at radius 2 is 2.00 bits per heavy atom. The second kappa shape index (κ2) is 5.79. The second-order valence-electron chi connectivity index (χ2n) is 3.81. The van der Waals surface area contributed by atoms with Crippen molar-refractivity contribution in [3.05, 3.63) is 57.9 Å². The minimum absolute atomic E-state index is 0.0668. The molecule has 2 N–H and O–H groups in total. The summed E-state index contributed by atoms with van der Waals surface area (Å²) < 4.78 is 14.7. The molecular weight excluding hydrogens is 315 g/mol. The number of pyridine rings is 1. The Bertz CT molecular complexity index is 602. The average Bonchev–Trinajstić information content (AvgIpc) is 2.39. The number of benzene rings is 1. The lowest BCUT2D eigenvalue weighted by atomic mass is 10.2. The van der Waals surface area contributed by atoms with Crippen LogP contribution in [0, 0.1) is 5.82 Å². The summed E-state index contributed by atoms with van der Waals surface area (Å²) in [6, 6.07) is 8.61. The van der Waals surface area contributed by atoms with E-state index in [0.29, 0.717) is 6.54 Å². The highest BCUT2D eigenvalue weighted by Crippen LogP contribution is 2.17. The first-order valence-electron chi connectivity index (χ1n) is 5.44. The van der Waals surface area contributed by atoms with Crippen LogP contribution in [0.15, 0.2) is 41.0 Å². The monoisotopic (exact) mass is 324 g/mol. The Labute approximate surface area is 117 Å². The molecule has 6 heteroatoms. The van der Waals surface area contributed by atoms with E-state index in [4.69, 9.17) is 5.11 Å². The Morgan fingerprint density at radius 3 is 2.63 bits per heavy atom. The van der Waals surface area contributed by atoms with Crippen LogP contribution < -0.4 is 5.32 Å². The quantitative estimate of drug-likeness (QED) is 0.905. The predicted molar refractivity (Wildman–Crippen MR) is 72.6 cm³/mol. The molecule has 0 spiro atoms. The molecule has 0 aliphatic rings. The molecule has 0 bridgehead atoms. The molecule has 1 aromatic carbocycles. The Hall–Kier alpha value is -1.95. The van der Waals surface area contributed by atoms with Crippen LogP contribution in [0.1, 0.15) is 15.9 Å². The molecule has 0 aliphatic heterocycles. The van der Waals surface area contributed by atoms with E-state index in [1.807, 2.05) is 24.3 Å². The normalized spacial score (nSPS) is 10.2. The van der Waals surface area contributed by atoms with Crippen molar-refractivity contribution in [1.82, 2.24) is 4.98 Å². The number of hydrogen-bond acceptors (Lipinski definition) is 3. The lowest BCUT2D eigenvalue weighted by Crippen LogP contribution is -2.08. The van der Waals surface area contributed by atoms with Gasteiger partial charge in [0.2, 0.25) is 0 Å². The van der Waals surface area contributed by atoms with Crippen LogP contribution in [0.4, 0.5) is 10.2 Å². The SMILES string of the molecule is O=C(O)c1ccnc(NCc2ccc(Br)cc2)c1F. The molecule has 98 valence electrons. The van der Waals surface area contributed by atoms with E-state index >= 15 is 0 Å². The number of nitrogens with zero attached hydrogens (tertiary/aromatic N) is 1. The van der Waals surface area contributed by atoms with Gasteiger partial charge in [0, 0.05) is 17.2 Å². The number of carboxylic acids is 1. The van der Waals surface area contributed by atoms with Crippen molar-refractivity contribution in [3.63, 3.8) is 0 Å². The number of halogens is 2. The van der Waals surface area contributed by atoms with Gasteiger partial charge in [0.1, 0.15) is 5.56 Å². The lowest BCUT2D eigenvalue weighted by Gasteiger charge is -2.08. The topological polar surface area (TPSA) is 62.2 Å². The zero-order valence-corrected chi connectivity index (χ0v) is 11.3. The summed E-state index contributed by atoms with van der Waals surface area (Å²) in [6.45, 7) is 0.361.